The number of pyridine rings is 1. The molecule has 2 aromatic carbocycles. The predicted molar refractivity (Wildman–Crippen MR) is 106 cm³/mol. The summed E-state index contributed by atoms with van der Waals surface area (Å²) in [6, 6.07) is 18.0. The number of hydrogen-bond acceptors (Lipinski definition) is 3. The Morgan fingerprint density at radius 1 is 1.00 bits per heavy atom. The maximum Gasteiger partial charge on any atom is 0.255 e. The SMILES string of the molecule is O=C(C=Cc1ccccn1)NCc1cccc(NC(=O)c2cccc(F)c2)c1. The van der Waals surface area contributed by atoms with Crippen LogP contribution in [-0.4, -0.2) is 16.8 Å². The second kappa shape index (κ2) is 9.23. The molecule has 1 aromatic heterocycles. The molecule has 0 fully saturated rings. The minimum Gasteiger partial charge on any atom is -0.348 e. The van der Waals surface area contributed by atoms with Crippen LogP contribution in [-0.2, 0) is 11.3 Å². The van der Waals surface area contributed by atoms with E-state index in [9.17, 15) is 14.0 Å². The van der Waals surface area contributed by atoms with Crippen molar-refractivity contribution in [2.24, 2.45) is 0 Å². The molecule has 5 nitrogen and oxygen atoms in total. The van der Waals surface area contributed by atoms with Crippen molar-refractivity contribution in [3.63, 3.8) is 0 Å². The zero-order chi connectivity index (χ0) is 19.8. The van der Waals surface area contributed by atoms with Gasteiger partial charge in [0.25, 0.3) is 5.91 Å². The largest absolute Gasteiger partial charge is 0.348 e. The fraction of sp³-hybridized carbons (Fsp3) is 0.0455. The lowest BCUT2D eigenvalue weighted by molar-refractivity contribution is -0.116. The van der Waals surface area contributed by atoms with Gasteiger partial charge in [-0.25, -0.2) is 4.39 Å². The van der Waals surface area contributed by atoms with E-state index in [0.717, 1.165) is 5.56 Å². The number of benzene rings is 2. The van der Waals surface area contributed by atoms with Crippen LogP contribution in [0.25, 0.3) is 6.08 Å². The molecule has 2 N–H and O–H groups in total. The standard InChI is InChI=1S/C22H18FN3O2/c23-18-7-4-6-17(14-18)22(28)26-20-9-3-5-16(13-20)15-25-21(27)11-10-19-8-1-2-12-24-19/h1-14H,15H2,(H,25,27)(H,26,28). The molecule has 0 aliphatic rings. The average Bonchev–Trinajstić information content (AvgIpc) is 2.72. The highest BCUT2D eigenvalue weighted by atomic mass is 19.1. The molecule has 2 amide bonds. The number of hydrogen-bond donors (Lipinski definition) is 2. The van der Waals surface area contributed by atoms with Crippen LogP contribution in [0.2, 0.25) is 0 Å². The topological polar surface area (TPSA) is 71.1 Å². The Balaban J connectivity index is 1.56. The maximum atomic E-state index is 13.2. The average molecular weight is 375 g/mol. The highest BCUT2D eigenvalue weighted by Crippen LogP contribution is 2.13. The molecule has 0 bridgehead atoms. The molecular weight excluding hydrogens is 357 g/mol. The molecule has 0 unspecified atom stereocenters. The summed E-state index contributed by atoms with van der Waals surface area (Å²) in [5, 5.41) is 5.49. The van der Waals surface area contributed by atoms with Gasteiger partial charge in [0.2, 0.25) is 5.91 Å². The third kappa shape index (κ3) is 5.60. The molecule has 6 heteroatoms. The minimum absolute atomic E-state index is 0.235. The number of aromatic nitrogens is 1. The van der Waals surface area contributed by atoms with Crippen LogP contribution >= 0.6 is 0 Å². The fourth-order valence-corrected chi connectivity index (χ4v) is 2.48. The van der Waals surface area contributed by atoms with Gasteiger partial charge in [-0.05, 0) is 54.1 Å². The third-order valence-electron chi connectivity index (χ3n) is 3.83. The molecule has 140 valence electrons. The Morgan fingerprint density at radius 3 is 2.64 bits per heavy atom. The molecule has 0 atom stereocenters. The van der Waals surface area contributed by atoms with Crippen molar-refractivity contribution in [3.05, 3.63) is 102 Å². The van der Waals surface area contributed by atoms with Gasteiger partial charge in [-0.15, -0.1) is 0 Å². The Morgan fingerprint density at radius 2 is 1.86 bits per heavy atom. The van der Waals surface area contributed by atoms with Crippen LogP contribution in [0.15, 0.2) is 79.0 Å². The van der Waals surface area contributed by atoms with Crippen molar-refractivity contribution in [1.29, 1.82) is 0 Å². The van der Waals surface area contributed by atoms with Gasteiger partial charge in [0.1, 0.15) is 5.82 Å². The number of nitrogens with zero attached hydrogens (tertiary/aromatic N) is 1. The van der Waals surface area contributed by atoms with Gasteiger partial charge in [0.15, 0.2) is 0 Å². The van der Waals surface area contributed by atoms with Crippen molar-refractivity contribution in [2.75, 3.05) is 5.32 Å². The number of halogens is 1. The summed E-state index contributed by atoms with van der Waals surface area (Å²) >= 11 is 0. The van der Waals surface area contributed by atoms with E-state index in [-0.39, 0.29) is 11.5 Å². The van der Waals surface area contributed by atoms with Crippen LogP contribution in [0.5, 0.6) is 0 Å². The normalized spacial score (nSPS) is 10.6. The maximum absolute atomic E-state index is 13.2. The summed E-state index contributed by atoms with van der Waals surface area (Å²) in [7, 11) is 0. The van der Waals surface area contributed by atoms with Crippen molar-refractivity contribution in [1.82, 2.24) is 10.3 Å². The molecule has 0 saturated heterocycles. The first-order valence-corrected chi connectivity index (χ1v) is 8.63. The van der Waals surface area contributed by atoms with Crippen molar-refractivity contribution in [3.8, 4) is 0 Å². The van der Waals surface area contributed by atoms with Gasteiger partial charge in [0, 0.05) is 30.1 Å². The Labute approximate surface area is 161 Å². The Hall–Kier alpha value is -3.80. The zero-order valence-corrected chi connectivity index (χ0v) is 14.9. The lowest BCUT2D eigenvalue weighted by Crippen LogP contribution is -2.20. The van der Waals surface area contributed by atoms with Crippen LogP contribution < -0.4 is 10.6 Å². The summed E-state index contributed by atoms with van der Waals surface area (Å²) in [4.78, 5) is 28.2. The molecule has 3 aromatic rings. The van der Waals surface area contributed by atoms with Gasteiger partial charge < -0.3 is 10.6 Å². The van der Waals surface area contributed by atoms with Crippen LogP contribution in [0.4, 0.5) is 10.1 Å². The predicted octanol–water partition coefficient (Wildman–Crippen LogP) is 3.80. The van der Waals surface area contributed by atoms with Gasteiger partial charge >= 0.3 is 0 Å². The van der Waals surface area contributed by atoms with E-state index >= 15 is 0 Å². The number of carbonyl (C=O) groups is 2. The molecule has 0 aliphatic carbocycles. The third-order valence-corrected chi connectivity index (χ3v) is 3.83. The second-order valence-electron chi connectivity index (χ2n) is 5.97. The van der Waals surface area contributed by atoms with E-state index < -0.39 is 11.7 Å². The van der Waals surface area contributed by atoms with Crippen LogP contribution in [0.3, 0.4) is 0 Å². The zero-order valence-electron chi connectivity index (χ0n) is 14.9. The van der Waals surface area contributed by atoms with Crippen molar-refractivity contribution in [2.45, 2.75) is 6.54 Å². The van der Waals surface area contributed by atoms with E-state index in [2.05, 4.69) is 15.6 Å². The molecule has 0 spiro atoms. The first-order valence-electron chi connectivity index (χ1n) is 8.63. The molecule has 28 heavy (non-hydrogen) atoms. The van der Waals surface area contributed by atoms with Gasteiger partial charge in [-0.3, -0.25) is 14.6 Å². The number of carbonyl (C=O) groups excluding carboxylic acids is 2. The van der Waals surface area contributed by atoms with E-state index in [0.29, 0.717) is 17.9 Å². The smallest absolute Gasteiger partial charge is 0.255 e. The van der Waals surface area contributed by atoms with Gasteiger partial charge in [0.05, 0.1) is 5.69 Å². The molecule has 0 saturated carbocycles. The first kappa shape index (κ1) is 19.0. The number of amides is 2. The highest BCUT2D eigenvalue weighted by Gasteiger charge is 2.07. The van der Waals surface area contributed by atoms with Crippen molar-refractivity contribution < 1.29 is 14.0 Å². The van der Waals surface area contributed by atoms with Crippen molar-refractivity contribution >= 4 is 23.6 Å². The minimum atomic E-state index is -0.470. The lowest BCUT2D eigenvalue weighted by atomic mass is 10.1. The number of nitrogens with one attached hydrogen (secondary N) is 2. The second-order valence-corrected chi connectivity index (χ2v) is 5.97. The van der Waals surface area contributed by atoms with Gasteiger partial charge in [-0.2, -0.15) is 0 Å². The van der Waals surface area contributed by atoms with Crippen LogP contribution in [0.1, 0.15) is 21.6 Å². The summed E-state index contributed by atoms with van der Waals surface area (Å²) in [5.74, 6) is -1.12. The summed E-state index contributed by atoms with van der Waals surface area (Å²) < 4.78 is 13.2. The first-order chi connectivity index (χ1) is 13.6. The van der Waals surface area contributed by atoms with E-state index in [1.54, 1.807) is 42.6 Å². The molecule has 0 radical (unpaired) electrons. The summed E-state index contributed by atoms with van der Waals surface area (Å²) in [5.41, 5.74) is 2.31. The van der Waals surface area contributed by atoms with E-state index in [4.69, 9.17) is 0 Å². The molecule has 3 rings (SSSR count). The van der Waals surface area contributed by atoms with Gasteiger partial charge in [-0.1, -0.05) is 24.3 Å². The molecule has 1 heterocycles. The number of anilines is 1. The summed E-state index contributed by atoms with van der Waals surface area (Å²) in [6.45, 7) is 0.301. The van der Waals surface area contributed by atoms with E-state index in [1.807, 2.05) is 12.1 Å². The summed E-state index contributed by atoms with van der Waals surface area (Å²) in [6.07, 6.45) is 4.70. The molecular formula is C22H18FN3O2. The monoisotopic (exact) mass is 375 g/mol. The fourth-order valence-electron chi connectivity index (χ4n) is 2.48. The lowest BCUT2D eigenvalue weighted by Gasteiger charge is -2.08. The quantitative estimate of drug-likeness (QED) is 0.644. The number of rotatable bonds is 6. The Kier molecular flexibility index (Phi) is 6.25. The highest BCUT2D eigenvalue weighted by molar-refractivity contribution is 6.04. The van der Waals surface area contributed by atoms with E-state index in [1.165, 1.54) is 30.3 Å². The molecule has 0 aliphatic heterocycles. The van der Waals surface area contributed by atoms with Crippen LogP contribution in [0, 0.1) is 5.82 Å². The Bertz CT molecular complexity index is 1000.